The summed E-state index contributed by atoms with van der Waals surface area (Å²) in [5, 5.41) is 9.04. The Kier molecular flexibility index (Phi) is 5.91. The first-order valence-corrected chi connectivity index (χ1v) is 6.10. The molecule has 0 aliphatic carbocycles. The van der Waals surface area contributed by atoms with Gasteiger partial charge in [-0.15, -0.1) is 0 Å². The maximum atomic E-state index is 11.8. The van der Waals surface area contributed by atoms with E-state index < -0.39 is 0 Å². The van der Waals surface area contributed by atoms with E-state index in [1.807, 2.05) is 6.07 Å². The fraction of sp³-hybridized carbons (Fsp3) is 0.286. The Morgan fingerprint density at radius 2 is 2.32 bits per heavy atom. The van der Waals surface area contributed by atoms with Crippen LogP contribution in [0.2, 0.25) is 5.02 Å². The number of likely N-dealkylation sites (N-methyl/N-ethyl adjacent to an activating group) is 1. The summed E-state index contributed by atoms with van der Waals surface area (Å²) in [6.45, 7) is 0.409. The Hall–Kier alpha value is -1.99. The van der Waals surface area contributed by atoms with Crippen LogP contribution in [0.25, 0.3) is 6.08 Å². The van der Waals surface area contributed by atoms with E-state index in [2.05, 4.69) is 0 Å². The number of carbonyl (C=O) groups excluding carboxylic acids is 1. The molecule has 0 aliphatic rings. The first-order chi connectivity index (χ1) is 9.08. The first-order valence-electron chi connectivity index (χ1n) is 5.72. The smallest absolute Gasteiger partial charge is 0.246 e. The van der Waals surface area contributed by atoms with Crippen molar-refractivity contribution in [3.8, 4) is 11.8 Å². The highest BCUT2D eigenvalue weighted by Crippen LogP contribution is 2.23. The third-order valence-electron chi connectivity index (χ3n) is 2.53. The standard InChI is InChI=1S/C14H15ClN2O2/c1-17(9-3-8-16)14(18)7-4-11-10-12(15)5-6-13(11)19-2/h4-7,10H,3,9H2,1-2H3. The molecule has 0 radical (unpaired) electrons. The van der Waals surface area contributed by atoms with E-state index in [4.69, 9.17) is 21.6 Å². The molecule has 5 heteroatoms. The van der Waals surface area contributed by atoms with Crippen LogP contribution >= 0.6 is 11.6 Å². The van der Waals surface area contributed by atoms with Gasteiger partial charge in [-0.1, -0.05) is 11.6 Å². The second-order valence-electron chi connectivity index (χ2n) is 3.89. The second-order valence-corrected chi connectivity index (χ2v) is 4.32. The van der Waals surface area contributed by atoms with Gasteiger partial charge < -0.3 is 9.64 Å². The number of rotatable bonds is 5. The summed E-state index contributed by atoms with van der Waals surface area (Å²) in [5.74, 6) is 0.477. The maximum absolute atomic E-state index is 11.8. The monoisotopic (exact) mass is 278 g/mol. The van der Waals surface area contributed by atoms with Gasteiger partial charge in [-0.05, 0) is 24.3 Å². The minimum atomic E-state index is -0.169. The van der Waals surface area contributed by atoms with Crippen LogP contribution in [0.15, 0.2) is 24.3 Å². The van der Waals surface area contributed by atoms with Gasteiger partial charge in [0.25, 0.3) is 0 Å². The molecule has 1 aromatic rings. The van der Waals surface area contributed by atoms with Crippen molar-refractivity contribution < 1.29 is 9.53 Å². The molecule has 4 nitrogen and oxygen atoms in total. The molecule has 0 bridgehead atoms. The number of benzene rings is 1. The van der Waals surface area contributed by atoms with Gasteiger partial charge in [0, 0.05) is 30.3 Å². The van der Waals surface area contributed by atoms with Crippen molar-refractivity contribution in [2.45, 2.75) is 6.42 Å². The zero-order valence-corrected chi connectivity index (χ0v) is 11.6. The molecular formula is C14H15ClN2O2. The highest BCUT2D eigenvalue weighted by atomic mass is 35.5. The summed E-state index contributed by atoms with van der Waals surface area (Å²) < 4.78 is 5.18. The molecule has 0 fully saturated rings. The van der Waals surface area contributed by atoms with Crippen LogP contribution in [0.1, 0.15) is 12.0 Å². The van der Waals surface area contributed by atoms with E-state index in [0.29, 0.717) is 23.7 Å². The van der Waals surface area contributed by atoms with Gasteiger partial charge in [0.15, 0.2) is 0 Å². The lowest BCUT2D eigenvalue weighted by molar-refractivity contribution is -0.124. The minimum Gasteiger partial charge on any atom is -0.496 e. The molecule has 0 spiro atoms. The number of carbonyl (C=O) groups is 1. The molecule has 19 heavy (non-hydrogen) atoms. The Bertz CT molecular complexity index is 521. The van der Waals surface area contributed by atoms with Gasteiger partial charge in [0.1, 0.15) is 5.75 Å². The van der Waals surface area contributed by atoms with Gasteiger partial charge in [-0.2, -0.15) is 5.26 Å². The normalized spacial score (nSPS) is 10.2. The lowest BCUT2D eigenvalue weighted by Crippen LogP contribution is -2.25. The number of hydrogen-bond donors (Lipinski definition) is 0. The third kappa shape index (κ3) is 4.65. The molecule has 1 amide bonds. The Labute approximate surface area is 117 Å². The topological polar surface area (TPSA) is 53.3 Å². The summed E-state index contributed by atoms with van der Waals surface area (Å²) in [4.78, 5) is 13.2. The van der Waals surface area contributed by atoms with E-state index >= 15 is 0 Å². The maximum Gasteiger partial charge on any atom is 0.246 e. The third-order valence-corrected chi connectivity index (χ3v) is 2.77. The van der Waals surface area contributed by atoms with Gasteiger partial charge >= 0.3 is 0 Å². The molecule has 0 aliphatic heterocycles. The molecule has 0 saturated heterocycles. The summed E-state index contributed by atoms with van der Waals surface area (Å²) in [7, 11) is 3.21. The highest BCUT2D eigenvalue weighted by molar-refractivity contribution is 6.30. The van der Waals surface area contributed by atoms with E-state index in [9.17, 15) is 4.79 Å². The number of nitrogens with zero attached hydrogens (tertiary/aromatic N) is 2. The SMILES string of the molecule is COc1ccc(Cl)cc1C=CC(=O)N(C)CCC#N. The number of methoxy groups -OCH3 is 1. The van der Waals surface area contributed by atoms with Crippen molar-refractivity contribution in [3.05, 3.63) is 34.9 Å². The molecular weight excluding hydrogens is 264 g/mol. The van der Waals surface area contributed by atoms with E-state index in [1.54, 1.807) is 38.4 Å². The Balaban J connectivity index is 2.78. The molecule has 0 heterocycles. The molecule has 0 saturated carbocycles. The lowest BCUT2D eigenvalue weighted by atomic mass is 10.2. The second kappa shape index (κ2) is 7.45. The predicted octanol–water partition coefficient (Wildman–Crippen LogP) is 2.73. The summed E-state index contributed by atoms with van der Waals surface area (Å²) in [6, 6.07) is 7.18. The van der Waals surface area contributed by atoms with Gasteiger partial charge in [-0.3, -0.25) is 4.79 Å². The number of nitriles is 1. The summed E-state index contributed by atoms with van der Waals surface area (Å²) >= 11 is 5.90. The van der Waals surface area contributed by atoms with Crippen molar-refractivity contribution in [2.24, 2.45) is 0 Å². The zero-order chi connectivity index (χ0) is 14.3. The van der Waals surface area contributed by atoms with Crippen molar-refractivity contribution in [1.29, 1.82) is 5.26 Å². The summed E-state index contributed by atoms with van der Waals surface area (Å²) in [5.41, 5.74) is 0.733. The minimum absolute atomic E-state index is 0.169. The number of halogens is 1. The van der Waals surface area contributed by atoms with Crippen LogP contribution in [-0.2, 0) is 4.79 Å². The van der Waals surface area contributed by atoms with Gasteiger partial charge in [0.2, 0.25) is 5.91 Å². The fourth-order valence-corrected chi connectivity index (χ4v) is 1.63. The van der Waals surface area contributed by atoms with Crippen LogP contribution < -0.4 is 4.74 Å². The van der Waals surface area contributed by atoms with Crippen molar-refractivity contribution >= 4 is 23.6 Å². The Morgan fingerprint density at radius 3 is 2.95 bits per heavy atom. The van der Waals surface area contributed by atoms with Crippen LogP contribution in [0.4, 0.5) is 0 Å². The largest absolute Gasteiger partial charge is 0.496 e. The van der Waals surface area contributed by atoms with Crippen LogP contribution in [0, 0.1) is 11.3 Å². The molecule has 1 rings (SSSR count). The fourth-order valence-electron chi connectivity index (χ4n) is 1.45. The molecule has 1 aromatic carbocycles. The number of hydrogen-bond acceptors (Lipinski definition) is 3. The van der Waals surface area contributed by atoms with Crippen LogP contribution in [0.5, 0.6) is 5.75 Å². The van der Waals surface area contributed by atoms with E-state index in [1.165, 1.54) is 11.0 Å². The lowest BCUT2D eigenvalue weighted by Gasteiger charge is -2.12. The first kappa shape index (κ1) is 15.1. The van der Waals surface area contributed by atoms with E-state index in [0.717, 1.165) is 5.56 Å². The van der Waals surface area contributed by atoms with Crippen molar-refractivity contribution in [3.63, 3.8) is 0 Å². The number of ether oxygens (including phenoxy) is 1. The van der Waals surface area contributed by atoms with Crippen LogP contribution in [-0.4, -0.2) is 31.5 Å². The molecule has 0 unspecified atom stereocenters. The molecule has 0 N–H and O–H groups in total. The number of amides is 1. The summed E-state index contributed by atoms with van der Waals surface area (Å²) in [6.07, 6.45) is 3.40. The van der Waals surface area contributed by atoms with Gasteiger partial charge in [0.05, 0.1) is 19.6 Å². The Morgan fingerprint density at radius 1 is 1.58 bits per heavy atom. The average molecular weight is 279 g/mol. The highest BCUT2D eigenvalue weighted by Gasteiger charge is 2.05. The van der Waals surface area contributed by atoms with E-state index in [-0.39, 0.29) is 5.91 Å². The van der Waals surface area contributed by atoms with Gasteiger partial charge in [-0.25, -0.2) is 0 Å². The quantitative estimate of drug-likeness (QED) is 0.778. The molecule has 100 valence electrons. The molecule has 0 aromatic heterocycles. The zero-order valence-electron chi connectivity index (χ0n) is 10.9. The average Bonchev–Trinajstić information content (AvgIpc) is 2.42. The predicted molar refractivity (Wildman–Crippen MR) is 74.9 cm³/mol. The van der Waals surface area contributed by atoms with Crippen molar-refractivity contribution in [2.75, 3.05) is 20.7 Å². The van der Waals surface area contributed by atoms with Crippen LogP contribution in [0.3, 0.4) is 0 Å². The van der Waals surface area contributed by atoms with Crippen molar-refractivity contribution in [1.82, 2.24) is 4.90 Å². The molecule has 0 atom stereocenters.